The van der Waals surface area contributed by atoms with Gasteiger partial charge < -0.3 is 10.4 Å². The Morgan fingerprint density at radius 2 is 2.43 bits per heavy atom. The van der Waals surface area contributed by atoms with Crippen LogP contribution in [0.5, 0.6) is 0 Å². The van der Waals surface area contributed by atoms with E-state index in [1.807, 2.05) is 0 Å². The van der Waals surface area contributed by atoms with Crippen LogP contribution in [0.15, 0.2) is 12.1 Å². The van der Waals surface area contributed by atoms with Crippen molar-refractivity contribution in [3.63, 3.8) is 0 Å². The fourth-order valence-electron chi connectivity index (χ4n) is 1.01. The van der Waals surface area contributed by atoms with Crippen LogP contribution >= 0.6 is 0 Å². The first-order valence-corrected chi connectivity index (χ1v) is 4.03. The Morgan fingerprint density at radius 1 is 1.71 bits per heavy atom. The summed E-state index contributed by atoms with van der Waals surface area (Å²) < 4.78 is 0. The molecule has 0 fully saturated rings. The highest BCUT2D eigenvalue weighted by atomic mass is 16.4. The minimum Gasteiger partial charge on any atom is -0.477 e. The molecule has 0 aliphatic heterocycles. The number of pyridine rings is 1. The summed E-state index contributed by atoms with van der Waals surface area (Å²) in [5.41, 5.74) is 0.849. The van der Waals surface area contributed by atoms with E-state index in [4.69, 9.17) is 11.5 Å². The molecule has 4 nitrogen and oxygen atoms in total. The molecule has 1 heterocycles. The minimum absolute atomic E-state index is 0.0181. The third-order valence-electron chi connectivity index (χ3n) is 1.56. The quantitative estimate of drug-likeness (QED) is 0.701. The van der Waals surface area contributed by atoms with Crippen molar-refractivity contribution in [3.8, 4) is 12.3 Å². The van der Waals surface area contributed by atoms with E-state index < -0.39 is 5.97 Å². The number of nitrogens with one attached hydrogen (secondary N) is 1. The molecule has 1 aromatic heterocycles. The second kappa shape index (κ2) is 4.28. The zero-order valence-corrected chi connectivity index (χ0v) is 7.74. The van der Waals surface area contributed by atoms with Crippen molar-refractivity contribution in [2.75, 3.05) is 11.9 Å². The van der Waals surface area contributed by atoms with Crippen molar-refractivity contribution in [1.82, 2.24) is 4.98 Å². The first kappa shape index (κ1) is 10.1. The number of anilines is 1. The second-order valence-corrected chi connectivity index (χ2v) is 2.78. The monoisotopic (exact) mass is 190 g/mol. The number of terminal acetylenes is 1. The number of aryl methyl sites for hydroxylation is 1. The molecule has 14 heavy (non-hydrogen) atoms. The Morgan fingerprint density at radius 3 is 3.00 bits per heavy atom. The van der Waals surface area contributed by atoms with Gasteiger partial charge in [-0.2, -0.15) is 0 Å². The SMILES string of the molecule is C#CCNc1cc(C)cc(C(=O)O)n1. The van der Waals surface area contributed by atoms with E-state index >= 15 is 0 Å². The van der Waals surface area contributed by atoms with Gasteiger partial charge in [-0.1, -0.05) is 5.92 Å². The first-order chi connectivity index (χ1) is 6.63. The summed E-state index contributed by atoms with van der Waals surface area (Å²) in [6, 6.07) is 3.24. The molecular formula is C10H10N2O2. The van der Waals surface area contributed by atoms with Crippen molar-refractivity contribution < 1.29 is 9.90 Å². The molecule has 0 aromatic carbocycles. The van der Waals surface area contributed by atoms with Crippen molar-refractivity contribution in [2.45, 2.75) is 6.92 Å². The van der Waals surface area contributed by atoms with Crippen molar-refractivity contribution in [2.24, 2.45) is 0 Å². The number of carboxylic acids is 1. The molecule has 0 saturated carbocycles. The van der Waals surface area contributed by atoms with E-state index in [1.54, 1.807) is 13.0 Å². The minimum atomic E-state index is -1.04. The fourth-order valence-corrected chi connectivity index (χ4v) is 1.01. The van der Waals surface area contributed by atoms with Crippen LogP contribution in [0.3, 0.4) is 0 Å². The van der Waals surface area contributed by atoms with Crippen LogP contribution in [0.2, 0.25) is 0 Å². The normalized spacial score (nSPS) is 9.14. The lowest BCUT2D eigenvalue weighted by atomic mass is 10.2. The summed E-state index contributed by atoms with van der Waals surface area (Å²) in [5.74, 6) is 1.83. The van der Waals surface area contributed by atoms with Crippen LogP contribution in [-0.2, 0) is 0 Å². The average Bonchev–Trinajstić information content (AvgIpc) is 2.14. The molecule has 2 N–H and O–H groups in total. The van der Waals surface area contributed by atoms with Crippen LogP contribution in [0.4, 0.5) is 5.82 Å². The number of aromatic carboxylic acids is 1. The van der Waals surface area contributed by atoms with Crippen molar-refractivity contribution in [1.29, 1.82) is 0 Å². The van der Waals surface area contributed by atoms with Crippen LogP contribution < -0.4 is 5.32 Å². The second-order valence-electron chi connectivity index (χ2n) is 2.78. The number of nitrogens with zero attached hydrogens (tertiary/aromatic N) is 1. The van der Waals surface area contributed by atoms with E-state index in [9.17, 15) is 4.79 Å². The van der Waals surface area contributed by atoms with Gasteiger partial charge in [-0.15, -0.1) is 6.42 Å². The Labute approximate surface area is 82.0 Å². The molecule has 0 aliphatic carbocycles. The molecule has 72 valence electrons. The summed E-state index contributed by atoms with van der Waals surface area (Å²) in [6.45, 7) is 2.13. The molecule has 0 radical (unpaired) electrons. The molecule has 0 amide bonds. The van der Waals surface area contributed by atoms with Crippen LogP contribution in [0.1, 0.15) is 16.1 Å². The van der Waals surface area contributed by atoms with Crippen LogP contribution in [-0.4, -0.2) is 22.6 Å². The number of carboxylic acid groups (broad SMARTS) is 1. The summed E-state index contributed by atoms with van der Waals surface area (Å²) in [4.78, 5) is 14.5. The molecule has 0 unspecified atom stereocenters. The largest absolute Gasteiger partial charge is 0.477 e. The maximum absolute atomic E-state index is 10.6. The van der Waals surface area contributed by atoms with E-state index in [1.165, 1.54) is 6.07 Å². The van der Waals surface area contributed by atoms with Gasteiger partial charge in [0.1, 0.15) is 5.82 Å². The van der Waals surface area contributed by atoms with Gasteiger partial charge in [-0.3, -0.25) is 0 Å². The van der Waals surface area contributed by atoms with Gasteiger partial charge in [-0.05, 0) is 24.6 Å². The lowest BCUT2D eigenvalue weighted by Gasteiger charge is -2.04. The topological polar surface area (TPSA) is 62.2 Å². The van der Waals surface area contributed by atoms with E-state index in [0.29, 0.717) is 12.4 Å². The number of hydrogen-bond donors (Lipinski definition) is 2. The number of aromatic nitrogens is 1. The molecule has 4 heteroatoms. The lowest BCUT2D eigenvalue weighted by Crippen LogP contribution is -2.06. The number of hydrogen-bond acceptors (Lipinski definition) is 3. The fraction of sp³-hybridized carbons (Fsp3) is 0.200. The zero-order valence-electron chi connectivity index (χ0n) is 7.74. The maximum Gasteiger partial charge on any atom is 0.354 e. The van der Waals surface area contributed by atoms with E-state index in [0.717, 1.165) is 5.56 Å². The van der Waals surface area contributed by atoms with Gasteiger partial charge in [0.15, 0.2) is 5.69 Å². The molecule has 0 saturated heterocycles. The van der Waals surface area contributed by atoms with Crippen LogP contribution in [0.25, 0.3) is 0 Å². The molecular weight excluding hydrogens is 180 g/mol. The van der Waals surface area contributed by atoms with Gasteiger partial charge in [0.05, 0.1) is 6.54 Å². The Kier molecular flexibility index (Phi) is 3.08. The highest BCUT2D eigenvalue weighted by Gasteiger charge is 2.06. The molecule has 1 aromatic rings. The van der Waals surface area contributed by atoms with Gasteiger partial charge in [-0.25, -0.2) is 9.78 Å². The van der Waals surface area contributed by atoms with E-state index in [2.05, 4.69) is 16.2 Å². The summed E-state index contributed by atoms with van der Waals surface area (Å²) in [7, 11) is 0. The molecule has 0 bridgehead atoms. The highest BCUT2D eigenvalue weighted by molar-refractivity contribution is 5.86. The van der Waals surface area contributed by atoms with E-state index in [-0.39, 0.29) is 5.69 Å². The van der Waals surface area contributed by atoms with Gasteiger partial charge in [0.2, 0.25) is 0 Å². The molecule has 0 spiro atoms. The highest BCUT2D eigenvalue weighted by Crippen LogP contribution is 2.09. The zero-order chi connectivity index (χ0) is 10.6. The maximum atomic E-state index is 10.6. The lowest BCUT2D eigenvalue weighted by molar-refractivity contribution is 0.0690. The predicted octanol–water partition coefficient (Wildman–Crippen LogP) is 1.13. The third-order valence-corrected chi connectivity index (χ3v) is 1.56. The smallest absolute Gasteiger partial charge is 0.354 e. The Hall–Kier alpha value is -2.02. The van der Waals surface area contributed by atoms with Crippen molar-refractivity contribution in [3.05, 3.63) is 23.4 Å². The number of carbonyl (C=O) groups is 1. The molecule has 1 rings (SSSR count). The van der Waals surface area contributed by atoms with Crippen molar-refractivity contribution >= 4 is 11.8 Å². The Bertz CT molecular complexity index is 394. The number of rotatable bonds is 3. The first-order valence-electron chi connectivity index (χ1n) is 4.03. The summed E-state index contributed by atoms with van der Waals surface area (Å²) >= 11 is 0. The van der Waals surface area contributed by atoms with Gasteiger partial charge in [0.25, 0.3) is 0 Å². The molecule has 0 aliphatic rings. The Balaban J connectivity index is 2.96. The third kappa shape index (κ3) is 2.49. The predicted molar refractivity (Wildman–Crippen MR) is 53.3 cm³/mol. The average molecular weight is 190 g/mol. The summed E-state index contributed by atoms with van der Waals surface area (Å²) in [5, 5.41) is 11.5. The van der Waals surface area contributed by atoms with Gasteiger partial charge in [0, 0.05) is 0 Å². The molecule has 0 atom stereocenters. The summed E-state index contributed by atoms with van der Waals surface area (Å²) in [6.07, 6.45) is 5.06. The van der Waals surface area contributed by atoms with Crippen LogP contribution in [0, 0.1) is 19.3 Å². The van der Waals surface area contributed by atoms with Gasteiger partial charge >= 0.3 is 5.97 Å². The standard InChI is InChI=1S/C10H10N2O2/c1-3-4-11-9-6-7(2)5-8(12-9)10(13)14/h1,5-6H,4H2,2H3,(H,11,12)(H,13,14).